The molecule has 2 saturated carbocycles. The number of para-hydroxylation sites is 1. The zero-order valence-electron chi connectivity index (χ0n) is 22.1. The maximum atomic E-state index is 13.2. The molecule has 4 rings (SSSR count). The number of rotatable bonds is 10. The van der Waals surface area contributed by atoms with Gasteiger partial charge in [0.25, 0.3) is 0 Å². The van der Waals surface area contributed by atoms with Gasteiger partial charge >= 0.3 is 12.0 Å². The van der Waals surface area contributed by atoms with Crippen molar-refractivity contribution in [1.82, 2.24) is 4.90 Å². The summed E-state index contributed by atoms with van der Waals surface area (Å²) in [6.07, 6.45) is 8.23. The first-order chi connectivity index (χ1) is 17.9. The molecule has 200 valence electrons. The molecule has 2 aliphatic rings. The minimum absolute atomic E-state index is 0.0381. The molecule has 2 amide bonds. The van der Waals surface area contributed by atoms with Crippen LogP contribution in [0.1, 0.15) is 78.4 Å². The van der Waals surface area contributed by atoms with Crippen LogP contribution in [0.15, 0.2) is 42.5 Å². The third kappa shape index (κ3) is 7.33. The highest BCUT2D eigenvalue weighted by Crippen LogP contribution is 2.27. The Hall–Kier alpha value is -2.90. The molecule has 0 saturated heterocycles. The van der Waals surface area contributed by atoms with Gasteiger partial charge in [0.15, 0.2) is 0 Å². The van der Waals surface area contributed by atoms with E-state index in [4.69, 9.17) is 9.47 Å². The molecule has 1 unspecified atom stereocenters. The topological polar surface area (TPSA) is 88.1 Å². The summed E-state index contributed by atoms with van der Waals surface area (Å²) in [7, 11) is 0. The van der Waals surface area contributed by atoms with E-state index >= 15 is 0 Å². The SMILES string of the molecule is Cc1ccccc1NC(=O)N(CCO[C@H]1CCCC(OCc2cccc(C)c2C(=O)O)C1)C1CCCC1. The maximum absolute atomic E-state index is 13.2. The largest absolute Gasteiger partial charge is 0.478 e. The number of benzene rings is 2. The van der Waals surface area contributed by atoms with Gasteiger partial charge in [-0.2, -0.15) is 0 Å². The molecule has 2 N–H and O–H groups in total. The second kappa shape index (κ2) is 13.1. The fourth-order valence-electron chi connectivity index (χ4n) is 5.65. The van der Waals surface area contributed by atoms with Crippen molar-refractivity contribution in [2.45, 2.75) is 90.1 Å². The van der Waals surface area contributed by atoms with E-state index in [1.54, 1.807) is 0 Å². The Labute approximate surface area is 220 Å². The van der Waals surface area contributed by atoms with Crippen LogP contribution in [-0.2, 0) is 16.1 Å². The van der Waals surface area contributed by atoms with Crippen molar-refractivity contribution in [2.75, 3.05) is 18.5 Å². The summed E-state index contributed by atoms with van der Waals surface area (Å²) in [5, 5.41) is 12.7. The van der Waals surface area contributed by atoms with Gasteiger partial charge in [-0.15, -0.1) is 0 Å². The molecule has 0 spiro atoms. The number of urea groups is 1. The number of carboxylic acid groups (broad SMARTS) is 1. The lowest BCUT2D eigenvalue weighted by atomic mass is 9.94. The molecule has 2 aromatic rings. The standard InChI is InChI=1S/C30H40N2O5/c1-21-9-3-6-16-27(21)31-30(35)32(24-12-4-5-13-24)17-18-36-25-14-8-15-26(19-25)37-20-23-11-7-10-22(2)28(23)29(33)34/h3,6-7,9-11,16,24-26H,4-5,8,12-15,17-20H2,1-2H3,(H,31,35)(H,33,34)/t25-,26?/m0/s1. The minimum atomic E-state index is -0.917. The fraction of sp³-hybridized carbons (Fsp3) is 0.533. The number of hydrogen-bond donors (Lipinski definition) is 2. The van der Waals surface area contributed by atoms with Crippen LogP contribution in [-0.4, -0.2) is 53.4 Å². The van der Waals surface area contributed by atoms with Gasteiger partial charge in [0.2, 0.25) is 0 Å². The fourth-order valence-corrected chi connectivity index (χ4v) is 5.65. The second-order valence-corrected chi connectivity index (χ2v) is 10.4. The molecule has 2 aromatic carbocycles. The Morgan fingerprint density at radius 2 is 1.62 bits per heavy atom. The quantitative estimate of drug-likeness (QED) is 0.392. The van der Waals surface area contributed by atoms with E-state index in [-0.39, 0.29) is 30.9 Å². The Balaban J connectivity index is 1.28. The summed E-state index contributed by atoms with van der Waals surface area (Å²) in [6.45, 7) is 5.16. The number of amides is 2. The Kier molecular flexibility index (Phi) is 9.58. The first-order valence-corrected chi connectivity index (χ1v) is 13.6. The van der Waals surface area contributed by atoms with E-state index < -0.39 is 5.97 Å². The number of aromatic carboxylic acids is 1. The van der Waals surface area contributed by atoms with Gasteiger partial charge in [-0.05, 0) is 75.1 Å². The smallest absolute Gasteiger partial charge is 0.336 e. The molecule has 7 nitrogen and oxygen atoms in total. The van der Waals surface area contributed by atoms with E-state index in [9.17, 15) is 14.7 Å². The van der Waals surface area contributed by atoms with Gasteiger partial charge in [0.05, 0.1) is 31.0 Å². The predicted octanol–water partition coefficient (Wildman–Crippen LogP) is 6.32. The van der Waals surface area contributed by atoms with Crippen molar-refractivity contribution in [1.29, 1.82) is 0 Å². The Bertz CT molecular complexity index is 1070. The van der Waals surface area contributed by atoms with Crippen LogP contribution in [0, 0.1) is 13.8 Å². The molecule has 2 fully saturated rings. The summed E-state index contributed by atoms with van der Waals surface area (Å²) >= 11 is 0. The van der Waals surface area contributed by atoms with Gasteiger partial charge < -0.3 is 24.8 Å². The molecule has 2 atom stereocenters. The normalized spacial score (nSPS) is 20.1. The average Bonchev–Trinajstić information content (AvgIpc) is 3.41. The number of carbonyl (C=O) groups excluding carboxylic acids is 1. The lowest BCUT2D eigenvalue weighted by Crippen LogP contribution is -2.44. The summed E-state index contributed by atoms with van der Waals surface area (Å²) < 4.78 is 12.4. The second-order valence-electron chi connectivity index (χ2n) is 10.4. The van der Waals surface area contributed by atoms with Crippen LogP contribution in [0.2, 0.25) is 0 Å². The molecule has 37 heavy (non-hydrogen) atoms. The summed E-state index contributed by atoms with van der Waals surface area (Å²) in [4.78, 5) is 26.8. The number of anilines is 1. The van der Waals surface area contributed by atoms with Crippen molar-refractivity contribution in [3.05, 3.63) is 64.7 Å². The molecular weight excluding hydrogens is 468 g/mol. The lowest BCUT2D eigenvalue weighted by Gasteiger charge is -2.32. The summed E-state index contributed by atoms with van der Waals surface area (Å²) in [6, 6.07) is 13.6. The van der Waals surface area contributed by atoms with Crippen molar-refractivity contribution in [3.8, 4) is 0 Å². The number of ether oxygens (including phenoxy) is 2. The number of carbonyl (C=O) groups is 2. The first-order valence-electron chi connectivity index (χ1n) is 13.6. The highest BCUT2D eigenvalue weighted by Gasteiger charge is 2.28. The van der Waals surface area contributed by atoms with Gasteiger partial charge in [-0.25, -0.2) is 9.59 Å². The monoisotopic (exact) mass is 508 g/mol. The van der Waals surface area contributed by atoms with E-state index in [1.165, 1.54) is 0 Å². The van der Waals surface area contributed by atoms with Crippen LogP contribution < -0.4 is 5.32 Å². The first kappa shape index (κ1) is 27.1. The highest BCUT2D eigenvalue weighted by atomic mass is 16.5. The summed E-state index contributed by atoms with van der Waals surface area (Å²) in [5.74, 6) is -0.917. The van der Waals surface area contributed by atoms with Gasteiger partial charge in [-0.1, -0.05) is 49.2 Å². The molecule has 2 aliphatic carbocycles. The number of nitrogens with zero attached hydrogens (tertiary/aromatic N) is 1. The molecule has 0 aromatic heterocycles. The third-order valence-corrected chi connectivity index (χ3v) is 7.72. The number of carboxylic acids is 1. The third-order valence-electron chi connectivity index (χ3n) is 7.72. The van der Waals surface area contributed by atoms with Crippen LogP contribution in [0.25, 0.3) is 0 Å². The van der Waals surface area contributed by atoms with Crippen molar-refractivity contribution < 1.29 is 24.2 Å². The van der Waals surface area contributed by atoms with Crippen molar-refractivity contribution >= 4 is 17.7 Å². The lowest BCUT2D eigenvalue weighted by molar-refractivity contribution is -0.0531. The number of hydrogen-bond acceptors (Lipinski definition) is 4. The number of aryl methyl sites for hydroxylation is 2. The Morgan fingerprint density at radius 1 is 0.919 bits per heavy atom. The molecule has 7 heteroatoms. The predicted molar refractivity (Wildman–Crippen MR) is 144 cm³/mol. The zero-order chi connectivity index (χ0) is 26.2. The van der Waals surface area contributed by atoms with Crippen LogP contribution in [0.5, 0.6) is 0 Å². The molecular formula is C30H40N2O5. The van der Waals surface area contributed by atoms with E-state index in [1.807, 2.05) is 61.2 Å². The maximum Gasteiger partial charge on any atom is 0.336 e. The average molecular weight is 509 g/mol. The van der Waals surface area contributed by atoms with E-state index in [0.29, 0.717) is 24.3 Å². The van der Waals surface area contributed by atoms with E-state index in [2.05, 4.69) is 5.32 Å². The minimum Gasteiger partial charge on any atom is -0.478 e. The van der Waals surface area contributed by atoms with E-state index in [0.717, 1.165) is 68.2 Å². The Morgan fingerprint density at radius 3 is 2.35 bits per heavy atom. The summed E-state index contributed by atoms with van der Waals surface area (Å²) in [5.41, 5.74) is 3.69. The molecule has 0 heterocycles. The highest BCUT2D eigenvalue weighted by molar-refractivity contribution is 5.91. The molecule has 0 bridgehead atoms. The van der Waals surface area contributed by atoms with Crippen LogP contribution in [0.4, 0.5) is 10.5 Å². The molecule has 0 aliphatic heterocycles. The van der Waals surface area contributed by atoms with Gasteiger partial charge in [0, 0.05) is 18.3 Å². The zero-order valence-corrected chi connectivity index (χ0v) is 22.1. The van der Waals surface area contributed by atoms with Gasteiger partial charge in [-0.3, -0.25) is 0 Å². The van der Waals surface area contributed by atoms with Crippen molar-refractivity contribution in [3.63, 3.8) is 0 Å². The molecule has 0 radical (unpaired) electrons. The van der Waals surface area contributed by atoms with Gasteiger partial charge in [0.1, 0.15) is 0 Å². The van der Waals surface area contributed by atoms with Crippen LogP contribution in [0.3, 0.4) is 0 Å². The van der Waals surface area contributed by atoms with Crippen LogP contribution >= 0.6 is 0 Å². The number of nitrogens with one attached hydrogen (secondary N) is 1. The van der Waals surface area contributed by atoms with Crippen molar-refractivity contribution in [2.24, 2.45) is 0 Å².